The zero-order valence-corrected chi connectivity index (χ0v) is 13.4. The second-order valence-corrected chi connectivity index (χ2v) is 6.10. The van der Waals surface area contributed by atoms with Gasteiger partial charge in [-0.05, 0) is 36.2 Å². The van der Waals surface area contributed by atoms with Crippen molar-refractivity contribution in [3.05, 3.63) is 69.3 Å². The Kier molecular flexibility index (Phi) is 5.84. The third kappa shape index (κ3) is 4.72. The lowest BCUT2D eigenvalue weighted by Crippen LogP contribution is -2.05. The monoisotopic (exact) mass is 356 g/mol. The molecule has 0 aliphatic heterocycles. The maximum Gasteiger partial charge on any atom is 0.416 e. The van der Waals surface area contributed by atoms with Crippen LogP contribution < -0.4 is 5.73 Å². The molecule has 0 saturated carbocycles. The third-order valence-electron chi connectivity index (χ3n) is 3.30. The van der Waals surface area contributed by atoms with Crippen LogP contribution in [0.5, 0.6) is 0 Å². The maximum atomic E-state index is 12.7. The fourth-order valence-corrected chi connectivity index (χ4v) is 3.10. The number of nitrogens with two attached hydrogens (primary N) is 1. The van der Waals surface area contributed by atoms with Crippen LogP contribution in [0.4, 0.5) is 18.9 Å². The molecule has 0 aromatic heterocycles. The molecule has 2 aromatic rings. The summed E-state index contributed by atoms with van der Waals surface area (Å²) in [6.45, 7) is 0.383. The van der Waals surface area contributed by atoms with E-state index < -0.39 is 16.7 Å². The minimum atomic E-state index is -4.41. The number of hydrogen-bond donors (Lipinski definition) is 1. The lowest BCUT2D eigenvalue weighted by molar-refractivity contribution is -0.387. The Labute approximate surface area is 141 Å². The minimum absolute atomic E-state index is 0.0575. The molecule has 0 heterocycles. The molecule has 2 aromatic carbocycles. The van der Waals surface area contributed by atoms with Crippen LogP contribution in [0.25, 0.3) is 0 Å². The predicted octanol–water partition coefficient (Wildman–Crippen LogP) is 4.41. The van der Waals surface area contributed by atoms with Gasteiger partial charge in [0.1, 0.15) is 0 Å². The van der Waals surface area contributed by atoms with E-state index in [2.05, 4.69) is 0 Å². The van der Waals surface area contributed by atoms with Gasteiger partial charge in [-0.1, -0.05) is 24.3 Å². The molecule has 8 heteroatoms. The molecule has 0 unspecified atom stereocenters. The van der Waals surface area contributed by atoms with Gasteiger partial charge >= 0.3 is 6.18 Å². The molecule has 0 atom stereocenters. The van der Waals surface area contributed by atoms with Crippen molar-refractivity contribution in [3.63, 3.8) is 0 Å². The lowest BCUT2D eigenvalue weighted by atomic mass is 10.1. The number of halogens is 3. The Bertz CT molecular complexity index is 736. The van der Waals surface area contributed by atoms with Crippen molar-refractivity contribution in [1.82, 2.24) is 0 Å². The first-order valence-corrected chi connectivity index (χ1v) is 8.06. The van der Waals surface area contributed by atoms with Gasteiger partial charge in [-0.25, -0.2) is 0 Å². The van der Waals surface area contributed by atoms with Crippen molar-refractivity contribution in [2.24, 2.45) is 5.73 Å². The molecule has 0 aliphatic carbocycles. The van der Waals surface area contributed by atoms with Gasteiger partial charge in [0.15, 0.2) is 0 Å². The lowest BCUT2D eigenvalue weighted by Gasteiger charge is -2.09. The topological polar surface area (TPSA) is 69.2 Å². The molecular formula is C16H15F3N2O2S. The van der Waals surface area contributed by atoms with E-state index in [9.17, 15) is 23.3 Å². The number of alkyl halides is 3. The molecule has 0 amide bonds. The minimum Gasteiger partial charge on any atom is -0.330 e. The molecule has 4 nitrogen and oxygen atoms in total. The van der Waals surface area contributed by atoms with Crippen molar-refractivity contribution >= 4 is 17.4 Å². The van der Waals surface area contributed by atoms with Gasteiger partial charge in [-0.2, -0.15) is 13.2 Å². The maximum absolute atomic E-state index is 12.7. The third-order valence-corrected chi connectivity index (χ3v) is 4.44. The normalized spacial score (nSPS) is 11.5. The van der Waals surface area contributed by atoms with E-state index in [1.165, 1.54) is 12.1 Å². The van der Waals surface area contributed by atoms with E-state index >= 15 is 0 Å². The van der Waals surface area contributed by atoms with Gasteiger partial charge in [-0.15, -0.1) is 11.8 Å². The molecule has 0 fully saturated rings. The van der Waals surface area contributed by atoms with Crippen molar-refractivity contribution in [2.45, 2.75) is 23.2 Å². The first-order chi connectivity index (χ1) is 11.3. The van der Waals surface area contributed by atoms with Crippen LogP contribution >= 0.6 is 11.8 Å². The molecule has 2 rings (SSSR count). The number of benzene rings is 2. The molecule has 0 aliphatic rings. The first kappa shape index (κ1) is 18.3. The highest BCUT2D eigenvalue weighted by Crippen LogP contribution is 2.34. The molecule has 24 heavy (non-hydrogen) atoms. The predicted molar refractivity (Wildman–Crippen MR) is 86.9 cm³/mol. The summed E-state index contributed by atoms with van der Waals surface area (Å²) in [5.74, 6) is 0.209. The Morgan fingerprint density at radius 2 is 1.88 bits per heavy atom. The molecule has 2 N–H and O–H groups in total. The van der Waals surface area contributed by atoms with Gasteiger partial charge in [0.2, 0.25) is 0 Å². The number of nitro groups is 1. The average Bonchev–Trinajstić information content (AvgIpc) is 2.53. The van der Waals surface area contributed by atoms with Crippen LogP contribution in [0.2, 0.25) is 0 Å². The first-order valence-electron chi connectivity index (χ1n) is 7.07. The fraction of sp³-hybridized carbons (Fsp3) is 0.250. The second kappa shape index (κ2) is 7.67. The Balaban J connectivity index is 2.18. The second-order valence-electron chi connectivity index (χ2n) is 5.08. The summed E-state index contributed by atoms with van der Waals surface area (Å²) in [4.78, 5) is 11.1. The summed E-state index contributed by atoms with van der Waals surface area (Å²) in [7, 11) is 0. The van der Waals surface area contributed by atoms with Gasteiger partial charge < -0.3 is 5.73 Å². The molecule has 0 bridgehead atoms. The molecule has 0 radical (unpaired) electrons. The van der Waals surface area contributed by atoms with E-state index in [0.29, 0.717) is 23.4 Å². The zero-order chi connectivity index (χ0) is 17.7. The number of nitro benzene ring substituents is 1. The van der Waals surface area contributed by atoms with Gasteiger partial charge in [-0.3, -0.25) is 10.1 Å². The number of rotatable bonds is 6. The largest absolute Gasteiger partial charge is 0.416 e. The Hall–Kier alpha value is -2.06. The summed E-state index contributed by atoms with van der Waals surface area (Å²) < 4.78 is 38.1. The van der Waals surface area contributed by atoms with E-state index in [0.717, 1.165) is 29.5 Å². The van der Waals surface area contributed by atoms with Crippen molar-refractivity contribution < 1.29 is 18.1 Å². The van der Waals surface area contributed by atoms with Crippen LogP contribution in [0.3, 0.4) is 0 Å². The summed E-state index contributed by atoms with van der Waals surface area (Å²) in [5.41, 5.74) is 5.87. The highest BCUT2D eigenvalue weighted by atomic mass is 32.2. The zero-order valence-electron chi connectivity index (χ0n) is 12.5. The van der Waals surface area contributed by atoms with E-state index in [1.54, 1.807) is 18.2 Å². The number of nitrogens with zero attached hydrogens (tertiary/aromatic N) is 1. The van der Waals surface area contributed by atoms with E-state index in [1.807, 2.05) is 0 Å². The van der Waals surface area contributed by atoms with Crippen LogP contribution in [-0.4, -0.2) is 11.5 Å². The highest BCUT2D eigenvalue weighted by molar-refractivity contribution is 7.98. The van der Waals surface area contributed by atoms with Gasteiger partial charge in [0.05, 0.1) is 15.4 Å². The quantitative estimate of drug-likeness (QED) is 0.473. The summed E-state index contributed by atoms with van der Waals surface area (Å²) >= 11 is 1.13. The summed E-state index contributed by atoms with van der Waals surface area (Å²) in [5, 5.41) is 11.2. The fourth-order valence-electron chi connectivity index (χ4n) is 2.15. The van der Waals surface area contributed by atoms with Crippen LogP contribution in [0.1, 0.15) is 16.7 Å². The van der Waals surface area contributed by atoms with Crippen LogP contribution in [-0.2, 0) is 18.3 Å². The molecule has 0 spiro atoms. The standard InChI is InChI=1S/C16H15F3N2O2S/c17-16(18,19)13-3-1-2-12(8-13)10-24-15-5-4-11(6-7-20)9-14(15)21(22)23/h1-5,8-9H,6-7,10,20H2. The Morgan fingerprint density at radius 3 is 2.50 bits per heavy atom. The average molecular weight is 356 g/mol. The molecule has 128 valence electrons. The van der Waals surface area contributed by atoms with Crippen LogP contribution in [0.15, 0.2) is 47.4 Å². The van der Waals surface area contributed by atoms with Crippen LogP contribution in [0, 0.1) is 10.1 Å². The molecule has 0 saturated heterocycles. The SMILES string of the molecule is NCCc1ccc(SCc2cccc(C(F)(F)F)c2)c([N+](=O)[O-])c1. The summed E-state index contributed by atoms with van der Waals surface area (Å²) in [6, 6.07) is 9.77. The smallest absolute Gasteiger partial charge is 0.330 e. The summed E-state index contributed by atoms with van der Waals surface area (Å²) in [6.07, 6.45) is -3.88. The highest BCUT2D eigenvalue weighted by Gasteiger charge is 2.30. The van der Waals surface area contributed by atoms with Crippen molar-refractivity contribution in [1.29, 1.82) is 0 Å². The van der Waals surface area contributed by atoms with E-state index in [4.69, 9.17) is 5.73 Å². The van der Waals surface area contributed by atoms with Gasteiger partial charge in [0, 0.05) is 11.8 Å². The van der Waals surface area contributed by atoms with E-state index in [-0.39, 0.29) is 11.4 Å². The number of hydrogen-bond acceptors (Lipinski definition) is 4. The van der Waals surface area contributed by atoms with Gasteiger partial charge in [0.25, 0.3) is 5.69 Å². The number of thioether (sulfide) groups is 1. The molecular weight excluding hydrogens is 341 g/mol. The van der Waals surface area contributed by atoms with Crippen molar-refractivity contribution in [2.75, 3.05) is 6.54 Å². The Morgan fingerprint density at radius 1 is 1.12 bits per heavy atom. The van der Waals surface area contributed by atoms with Crippen molar-refractivity contribution in [3.8, 4) is 0 Å².